The molecule has 0 aliphatic rings. The summed E-state index contributed by atoms with van der Waals surface area (Å²) in [5, 5.41) is 7.40. The molecule has 24 heavy (non-hydrogen) atoms. The van der Waals surface area contributed by atoms with Gasteiger partial charge in [0.2, 0.25) is 0 Å². The molecule has 0 atom stereocenters. The van der Waals surface area contributed by atoms with Crippen LogP contribution in [0.5, 0.6) is 0 Å². The molecule has 124 valence electrons. The minimum atomic E-state index is -0.505. The van der Waals surface area contributed by atoms with Gasteiger partial charge in [0.05, 0.1) is 21.5 Å². The van der Waals surface area contributed by atoms with Gasteiger partial charge in [-0.1, -0.05) is 40.9 Å². The highest BCUT2D eigenvalue weighted by Gasteiger charge is 2.22. The van der Waals surface area contributed by atoms with Crippen molar-refractivity contribution in [3.63, 3.8) is 0 Å². The lowest BCUT2D eigenvalue weighted by atomic mass is 10.3. The van der Waals surface area contributed by atoms with Crippen LogP contribution in [0.25, 0.3) is 16.3 Å². The summed E-state index contributed by atoms with van der Waals surface area (Å²) < 4.78 is 6.51. The fourth-order valence-corrected chi connectivity index (χ4v) is 3.84. The van der Waals surface area contributed by atoms with E-state index in [9.17, 15) is 4.79 Å². The summed E-state index contributed by atoms with van der Waals surface area (Å²) in [5.41, 5.74) is 1.26. The lowest BCUT2D eigenvalue weighted by Crippen LogP contribution is -2.12. The van der Waals surface area contributed by atoms with Gasteiger partial charge in [-0.2, -0.15) is 5.10 Å². The largest absolute Gasteiger partial charge is 0.461 e. The van der Waals surface area contributed by atoms with Crippen LogP contribution in [-0.4, -0.2) is 22.4 Å². The standard InChI is InChI=1S/C16H11Cl3N2O2S/c1-2-23-16(22)13-8-12(14-4-3-5-24-14)20-21(13)15-10(18)6-9(17)7-11(15)19/h3-8H,2H2,1H3. The molecule has 0 unspecified atom stereocenters. The Morgan fingerprint density at radius 3 is 2.54 bits per heavy atom. The summed E-state index contributed by atoms with van der Waals surface area (Å²) in [6, 6.07) is 8.57. The third kappa shape index (κ3) is 3.30. The number of aromatic nitrogens is 2. The zero-order valence-corrected chi connectivity index (χ0v) is 15.5. The Kier molecular flexibility index (Phi) is 5.15. The number of hydrogen-bond acceptors (Lipinski definition) is 4. The summed E-state index contributed by atoms with van der Waals surface area (Å²) >= 11 is 20.0. The molecular formula is C16H11Cl3N2O2S. The SMILES string of the molecule is CCOC(=O)c1cc(-c2cccs2)nn1-c1c(Cl)cc(Cl)cc1Cl. The first-order chi connectivity index (χ1) is 11.5. The number of carbonyl (C=O) groups excluding carboxylic acids is 1. The molecule has 1 aromatic carbocycles. The second-order valence-electron chi connectivity index (χ2n) is 4.74. The third-order valence-corrected chi connectivity index (χ3v) is 4.85. The number of carbonyl (C=O) groups is 1. The highest BCUT2D eigenvalue weighted by atomic mass is 35.5. The quantitative estimate of drug-likeness (QED) is 0.524. The number of esters is 1. The molecule has 2 aromatic heterocycles. The fourth-order valence-electron chi connectivity index (χ4n) is 2.18. The Bertz CT molecular complexity index is 868. The van der Waals surface area contributed by atoms with Crippen LogP contribution in [0, 0.1) is 0 Å². The number of hydrogen-bond donors (Lipinski definition) is 0. The number of nitrogens with zero attached hydrogens (tertiary/aromatic N) is 2. The number of rotatable bonds is 4. The molecule has 0 spiro atoms. The zero-order valence-electron chi connectivity index (χ0n) is 12.4. The molecule has 0 radical (unpaired) electrons. The van der Waals surface area contributed by atoms with Crippen molar-refractivity contribution in [3.05, 3.63) is 56.5 Å². The number of ether oxygens (including phenoxy) is 1. The normalized spacial score (nSPS) is 10.8. The summed E-state index contributed by atoms with van der Waals surface area (Å²) in [4.78, 5) is 13.2. The van der Waals surface area contributed by atoms with E-state index in [1.165, 1.54) is 16.0 Å². The van der Waals surface area contributed by atoms with E-state index >= 15 is 0 Å². The smallest absolute Gasteiger partial charge is 0.357 e. The van der Waals surface area contributed by atoms with Crippen molar-refractivity contribution in [2.75, 3.05) is 6.61 Å². The van der Waals surface area contributed by atoms with Gasteiger partial charge in [-0.05, 0) is 30.5 Å². The maximum absolute atomic E-state index is 12.3. The second kappa shape index (κ2) is 7.15. The monoisotopic (exact) mass is 400 g/mol. The molecule has 3 aromatic rings. The highest BCUT2D eigenvalue weighted by molar-refractivity contribution is 7.13. The Morgan fingerprint density at radius 1 is 1.25 bits per heavy atom. The maximum atomic E-state index is 12.3. The fraction of sp³-hybridized carbons (Fsp3) is 0.125. The summed E-state index contributed by atoms with van der Waals surface area (Å²) in [6.45, 7) is 1.99. The molecule has 4 nitrogen and oxygen atoms in total. The Hall–Kier alpha value is -1.53. The van der Waals surface area contributed by atoms with Gasteiger partial charge in [-0.15, -0.1) is 11.3 Å². The van der Waals surface area contributed by atoms with Gasteiger partial charge < -0.3 is 4.74 Å². The lowest BCUT2D eigenvalue weighted by Gasteiger charge is -2.11. The van der Waals surface area contributed by atoms with Crippen LogP contribution < -0.4 is 0 Å². The molecule has 0 fully saturated rings. The van der Waals surface area contributed by atoms with E-state index in [4.69, 9.17) is 39.5 Å². The van der Waals surface area contributed by atoms with Crippen molar-refractivity contribution in [1.82, 2.24) is 9.78 Å². The van der Waals surface area contributed by atoms with E-state index in [1.54, 1.807) is 25.1 Å². The predicted molar refractivity (Wildman–Crippen MR) is 97.9 cm³/mol. The number of benzene rings is 1. The van der Waals surface area contributed by atoms with Gasteiger partial charge in [0.15, 0.2) is 5.69 Å². The van der Waals surface area contributed by atoms with Crippen molar-refractivity contribution >= 4 is 52.1 Å². The van der Waals surface area contributed by atoms with Crippen LogP contribution in [0.3, 0.4) is 0 Å². The Balaban J connectivity index is 2.21. The highest BCUT2D eigenvalue weighted by Crippen LogP contribution is 2.34. The average molecular weight is 402 g/mol. The van der Waals surface area contributed by atoms with Gasteiger partial charge in [-0.25, -0.2) is 9.48 Å². The van der Waals surface area contributed by atoms with Gasteiger partial charge in [0.1, 0.15) is 11.4 Å². The summed E-state index contributed by atoms with van der Waals surface area (Å²) in [7, 11) is 0. The molecular weight excluding hydrogens is 391 g/mol. The average Bonchev–Trinajstić information content (AvgIpc) is 3.15. The van der Waals surface area contributed by atoms with Gasteiger partial charge >= 0.3 is 5.97 Å². The molecule has 0 aliphatic carbocycles. The van der Waals surface area contributed by atoms with Crippen LogP contribution in [0.1, 0.15) is 17.4 Å². The second-order valence-corrected chi connectivity index (χ2v) is 6.94. The maximum Gasteiger partial charge on any atom is 0.357 e. The van der Waals surface area contributed by atoms with E-state index in [2.05, 4.69) is 5.10 Å². The molecule has 0 aliphatic heterocycles. The molecule has 2 heterocycles. The van der Waals surface area contributed by atoms with E-state index < -0.39 is 5.97 Å². The van der Waals surface area contributed by atoms with Crippen molar-refractivity contribution in [1.29, 1.82) is 0 Å². The Labute approximate surface area is 157 Å². The van der Waals surface area contributed by atoms with Crippen molar-refractivity contribution < 1.29 is 9.53 Å². The van der Waals surface area contributed by atoms with Crippen LogP contribution >= 0.6 is 46.1 Å². The van der Waals surface area contributed by atoms with E-state index in [0.29, 0.717) is 26.4 Å². The summed E-state index contributed by atoms with van der Waals surface area (Å²) in [6.07, 6.45) is 0. The number of thiophene rings is 1. The van der Waals surface area contributed by atoms with Crippen molar-refractivity contribution in [3.8, 4) is 16.3 Å². The molecule has 3 rings (SSSR count). The topological polar surface area (TPSA) is 44.1 Å². The molecule has 8 heteroatoms. The molecule has 0 saturated heterocycles. The van der Waals surface area contributed by atoms with Gasteiger partial charge in [0.25, 0.3) is 0 Å². The van der Waals surface area contributed by atoms with Crippen molar-refractivity contribution in [2.24, 2.45) is 0 Å². The summed E-state index contributed by atoms with van der Waals surface area (Å²) in [5.74, 6) is -0.505. The van der Waals surface area contributed by atoms with Crippen LogP contribution in [-0.2, 0) is 4.74 Å². The molecule has 0 saturated carbocycles. The van der Waals surface area contributed by atoms with Crippen LogP contribution in [0.4, 0.5) is 0 Å². The molecule has 0 amide bonds. The van der Waals surface area contributed by atoms with Gasteiger partial charge in [0, 0.05) is 11.1 Å². The minimum absolute atomic E-state index is 0.242. The van der Waals surface area contributed by atoms with E-state index in [0.717, 1.165) is 4.88 Å². The number of halogens is 3. The first-order valence-electron chi connectivity index (χ1n) is 6.97. The van der Waals surface area contributed by atoms with Gasteiger partial charge in [-0.3, -0.25) is 0 Å². The van der Waals surface area contributed by atoms with E-state index in [1.807, 2.05) is 17.5 Å². The molecule has 0 bridgehead atoms. The third-order valence-electron chi connectivity index (χ3n) is 3.16. The van der Waals surface area contributed by atoms with Crippen molar-refractivity contribution in [2.45, 2.75) is 6.92 Å². The first kappa shape index (κ1) is 17.3. The molecule has 0 N–H and O–H groups in total. The van der Waals surface area contributed by atoms with Crippen LogP contribution in [0.15, 0.2) is 35.7 Å². The predicted octanol–water partition coefficient (Wildman–Crippen LogP) is 5.74. The zero-order chi connectivity index (χ0) is 17.3. The first-order valence-corrected chi connectivity index (χ1v) is 8.98. The lowest BCUT2D eigenvalue weighted by molar-refractivity contribution is 0.0516. The Morgan fingerprint density at radius 2 is 1.96 bits per heavy atom. The van der Waals surface area contributed by atoms with E-state index in [-0.39, 0.29) is 12.3 Å². The van der Waals surface area contributed by atoms with Crippen LogP contribution in [0.2, 0.25) is 15.1 Å². The minimum Gasteiger partial charge on any atom is -0.461 e.